The molecule has 0 saturated carbocycles. The Hall–Kier alpha value is -2.13. The molecule has 0 N–H and O–H groups in total. The van der Waals surface area contributed by atoms with Crippen LogP contribution >= 0.6 is 0 Å². The third-order valence-corrected chi connectivity index (χ3v) is 2.69. The first-order valence-electron chi connectivity index (χ1n) is 5.43. The van der Waals surface area contributed by atoms with E-state index in [9.17, 15) is 4.79 Å². The van der Waals surface area contributed by atoms with Gasteiger partial charge in [-0.2, -0.15) is 10.5 Å². The normalized spacial score (nSPS) is 11.6. The molecule has 0 aromatic heterocycles. The molecule has 0 fully saturated rings. The number of Topliss-reactive ketones (excluding diaryl/α,β-unsaturated/α-hetero) is 1. The summed E-state index contributed by atoms with van der Waals surface area (Å²) in [6, 6.07) is 11.5. The highest BCUT2D eigenvalue weighted by Gasteiger charge is 2.24. The van der Waals surface area contributed by atoms with Crippen molar-refractivity contribution in [3.8, 4) is 12.1 Å². The van der Waals surface area contributed by atoms with E-state index < -0.39 is 5.92 Å². The van der Waals surface area contributed by atoms with Gasteiger partial charge in [0.25, 0.3) is 0 Å². The van der Waals surface area contributed by atoms with E-state index in [2.05, 4.69) is 0 Å². The van der Waals surface area contributed by atoms with Gasteiger partial charge in [-0.05, 0) is 19.4 Å². The van der Waals surface area contributed by atoms with Crippen molar-refractivity contribution in [3.63, 3.8) is 0 Å². The molecule has 3 heteroatoms. The minimum absolute atomic E-state index is 0.00826. The molecule has 86 valence electrons. The van der Waals surface area contributed by atoms with Gasteiger partial charge in [-0.1, -0.05) is 29.8 Å². The highest BCUT2D eigenvalue weighted by molar-refractivity contribution is 5.76. The number of nitrogens with zero attached hydrogens (tertiary/aromatic N) is 2. The summed E-state index contributed by atoms with van der Waals surface area (Å²) in [5.41, 5.74) is 1.99. The molecular formula is C14H14N2O. The van der Waals surface area contributed by atoms with Crippen LogP contribution in [0.1, 0.15) is 30.4 Å². The molecule has 3 nitrogen and oxygen atoms in total. The first kappa shape index (κ1) is 12.9. The second kappa shape index (κ2) is 5.82. The Morgan fingerprint density at radius 2 is 1.76 bits per heavy atom. The first-order valence-corrected chi connectivity index (χ1v) is 5.43. The Morgan fingerprint density at radius 3 is 2.18 bits per heavy atom. The highest BCUT2D eigenvalue weighted by Crippen LogP contribution is 2.28. The number of nitriles is 2. The number of rotatable bonds is 4. The molecule has 0 heterocycles. The summed E-state index contributed by atoms with van der Waals surface area (Å²) >= 11 is 0. The van der Waals surface area contributed by atoms with Gasteiger partial charge in [-0.15, -0.1) is 0 Å². The monoisotopic (exact) mass is 226 g/mol. The fraction of sp³-hybridized carbons (Fsp3) is 0.357. The summed E-state index contributed by atoms with van der Waals surface area (Å²) < 4.78 is 0. The SMILES string of the molecule is CC(=O)CC(c1ccc(C)cc1)C(C#N)C#N. The van der Waals surface area contributed by atoms with Crippen LogP contribution < -0.4 is 0 Å². The van der Waals surface area contributed by atoms with Crippen LogP contribution in [-0.4, -0.2) is 5.78 Å². The van der Waals surface area contributed by atoms with Crippen molar-refractivity contribution < 1.29 is 4.79 Å². The van der Waals surface area contributed by atoms with Crippen LogP contribution in [0, 0.1) is 35.5 Å². The fourth-order valence-electron chi connectivity index (χ4n) is 1.76. The Balaban J connectivity index is 3.06. The number of benzene rings is 1. The van der Waals surface area contributed by atoms with Gasteiger partial charge in [0.1, 0.15) is 11.7 Å². The summed E-state index contributed by atoms with van der Waals surface area (Å²) in [6.45, 7) is 3.45. The number of hydrogen-bond donors (Lipinski definition) is 0. The molecule has 1 atom stereocenters. The molecule has 1 aromatic carbocycles. The van der Waals surface area contributed by atoms with Gasteiger partial charge in [-0.3, -0.25) is 0 Å². The highest BCUT2D eigenvalue weighted by atomic mass is 16.1. The molecule has 0 aliphatic heterocycles. The Labute approximate surface area is 101 Å². The molecular weight excluding hydrogens is 212 g/mol. The van der Waals surface area contributed by atoms with Crippen molar-refractivity contribution in [3.05, 3.63) is 35.4 Å². The van der Waals surface area contributed by atoms with E-state index in [0.29, 0.717) is 0 Å². The third kappa shape index (κ3) is 3.43. The topological polar surface area (TPSA) is 64.7 Å². The minimum Gasteiger partial charge on any atom is -0.300 e. The standard InChI is InChI=1S/C14H14N2O/c1-10-3-5-12(6-4-10)14(7-11(2)17)13(8-15)9-16/h3-6,13-14H,7H2,1-2H3. The molecule has 1 unspecified atom stereocenters. The van der Waals surface area contributed by atoms with E-state index in [1.807, 2.05) is 43.3 Å². The van der Waals surface area contributed by atoms with Gasteiger partial charge in [0.2, 0.25) is 0 Å². The Bertz CT molecular complexity index is 462. The van der Waals surface area contributed by atoms with Crippen LogP contribution in [0.3, 0.4) is 0 Å². The predicted octanol–water partition coefficient (Wildman–Crippen LogP) is 2.72. The molecule has 0 bridgehead atoms. The lowest BCUT2D eigenvalue weighted by molar-refractivity contribution is -0.117. The van der Waals surface area contributed by atoms with Crippen molar-refractivity contribution >= 4 is 5.78 Å². The molecule has 17 heavy (non-hydrogen) atoms. The molecule has 1 aromatic rings. The van der Waals surface area contributed by atoms with Gasteiger partial charge in [0.05, 0.1) is 12.1 Å². The first-order chi connectivity index (χ1) is 8.08. The molecule has 0 aliphatic rings. The lowest BCUT2D eigenvalue weighted by Crippen LogP contribution is -2.13. The second-order valence-corrected chi connectivity index (χ2v) is 4.16. The third-order valence-electron chi connectivity index (χ3n) is 2.69. The van der Waals surface area contributed by atoms with Crippen LogP contribution in [0.15, 0.2) is 24.3 Å². The smallest absolute Gasteiger partial charge is 0.140 e. The minimum atomic E-state index is -0.776. The molecule has 0 amide bonds. The van der Waals surface area contributed by atoms with E-state index in [0.717, 1.165) is 11.1 Å². The maximum atomic E-state index is 11.2. The number of hydrogen-bond acceptors (Lipinski definition) is 3. The maximum absolute atomic E-state index is 11.2. The van der Waals surface area contributed by atoms with Crippen molar-refractivity contribution in [2.45, 2.75) is 26.2 Å². The van der Waals surface area contributed by atoms with Crippen molar-refractivity contribution in [1.82, 2.24) is 0 Å². The summed E-state index contributed by atoms with van der Waals surface area (Å²) in [5.74, 6) is -1.12. The van der Waals surface area contributed by atoms with Crippen LogP contribution in [0.2, 0.25) is 0 Å². The molecule has 0 spiro atoms. The van der Waals surface area contributed by atoms with Crippen LogP contribution in [0.5, 0.6) is 0 Å². The quantitative estimate of drug-likeness (QED) is 0.792. The number of ketones is 1. The van der Waals surface area contributed by atoms with Gasteiger partial charge in [0, 0.05) is 12.3 Å². The van der Waals surface area contributed by atoms with Crippen LogP contribution in [0.4, 0.5) is 0 Å². The van der Waals surface area contributed by atoms with Crippen LogP contribution in [0.25, 0.3) is 0 Å². The zero-order valence-corrected chi connectivity index (χ0v) is 9.97. The predicted molar refractivity (Wildman–Crippen MR) is 63.9 cm³/mol. The fourth-order valence-corrected chi connectivity index (χ4v) is 1.76. The number of carbonyl (C=O) groups excluding carboxylic acids is 1. The van der Waals surface area contributed by atoms with Crippen molar-refractivity contribution in [2.75, 3.05) is 0 Å². The average Bonchev–Trinajstić information content (AvgIpc) is 2.30. The molecule has 0 radical (unpaired) electrons. The lowest BCUT2D eigenvalue weighted by atomic mass is 9.84. The van der Waals surface area contributed by atoms with E-state index in [4.69, 9.17) is 10.5 Å². The zero-order valence-electron chi connectivity index (χ0n) is 9.97. The summed E-state index contributed by atoms with van der Waals surface area (Å²) in [7, 11) is 0. The van der Waals surface area contributed by atoms with Crippen LogP contribution in [-0.2, 0) is 4.79 Å². The van der Waals surface area contributed by atoms with Gasteiger partial charge >= 0.3 is 0 Å². The van der Waals surface area contributed by atoms with E-state index in [1.54, 1.807) is 0 Å². The Morgan fingerprint density at radius 1 is 1.24 bits per heavy atom. The van der Waals surface area contributed by atoms with Gasteiger partial charge in [-0.25, -0.2) is 0 Å². The summed E-state index contributed by atoms with van der Waals surface area (Å²) in [5, 5.41) is 17.9. The van der Waals surface area contributed by atoms with Crippen molar-refractivity contribution in [1.29, 1.82) is 10.5 Å². The maximum Gasteiger partial charge on any atom is 0.140 e. The zero-order chi connectivity index (χ0) is 12.8. The molecule has 0 saturated heterocycles. The van der Waals surface area contributed by atoms with E-state index in [-0.39, 0.29) is 18.1 Å². The number of carbonyl (C=O) groups is 1. The molecule has 0 aliphatic carbocycles. The molecule has 1 rings (SSSR count). The lowest BCUT2D eigenvalue weighted by Gasteiger charge is -2.16. The summed E-state index contributed by atoms with van der Waals surface area (Å²) in [4.78, 5) is 11.2. The number of aryl methyl sites for hydroxylation is 1. The van der Waals surface area contributed by atoms with Crippen molar-refractivity contribution in [2.24, 2.45) is 5.92 Å². The summed E-state index contributed by atoms with van der Waals surface area (Å²) in [6.07, 6.45) is 0.231. The Kier molecular flexibility index (Phi) is 4.43. The van der Waals surface area contributed by atoms with Gasteiger partial charge < -0.3 is 4.79 Å². The largest absolute Gasteiger partial charge is 0.300 e. The van der Waals surface area contributed by atoms with E-state index >= 15 is 0 Å². The van der Waals surface area contributed by atoms with Gasteiger partial charge in [0.15, 0.2) is 0 Å². The van der Waals surface area contributed by atoms with E-state index in [1.165, 1.54) is 6.92 Å². The average molecular weight is 226 g/mol. The second-order valence-electron chi connectivity index (χ2n) is 4.16.